The second-order valence-electron chi connectivity index (χ2n) is 6.21. The lowest BCUT2D eigenvalue weighted by Crippen LogP contribution is -2.52. The standard InChI is InChI=1S/C20H22N2O4/c1-13-5-4-6-14(9-13)18-19(23)21-7-8-22(18)20(24)15-10-16(25-2)12-17(11-15)26-3/h4-6,9-12,18H,7-8H2,1-3H3,(H,21,23). The lowest BCUT2D eigenvalue weighted by atomic mass is 9.99. The molecule has 0 saturated carbocycles. The Labute approximate surface area is 152 Å². The average Bonchev–Trinajstić information content (AvgIpc) is 2.66. The number of rotatable bonds is 4. The van der Waals surface area contributed by atoms with Crippen LogP contribution in [0.2, 0.25) is 0 Å². The van der Waals surface area contributed by atoms with Crippen LogP contribution in [0.3, 0.4) is 0 Å². The molecule has 26 heavy (non-hydrogen) atoms. The number of amides is 2. The summed E-state index contributed by atoms with van der Waals surface area (Å²) in [6.07, 6.45) is 0. The number of aryl methyl sites for hydroxylation is 1. The molecule has 6 heteroatoms. The van der Waals surface area contributed by atoms with Gasteiger partial charge in [0.2, 0.25) is 5.91 Å². The van der Waals surface area contributed by atoms with E-state index in [-0.39, 0.29) is 11.8 Å². The fraction of sp³-hybridized carbons (Fsp3) is 0.300. The van der Waals surface area contributed by atoms with Gasteiger partial charge in [0.25, 0.3) is 5.91 Å². The summed E-state index contributed by atoms with van der Waals surface area (Å²) in [5.41, 5.74) is 2.26. The molecule has 2 aromatic carbocycles. The minimum atomic E-state index is -0.659. The topological polar surface area (TPSA) is 67.9 Å². The maximum atomic E-state index is 13.2. The average molecular weight is 354 g/mol. The molecular weight excluding hydrogens is 332 g/mol. The third-order valence-corrected chi connectivity index (χ3v) is 4.43. The number of nitrogens with zero attached hydrogens (tertiary/aromatic N) is 1. The second kappa shape index (κ2) is 7.47. The van der Waals surface area contributed by atoms with Gasteiger partial charge in [-0.2, -0.15) is 0 Å². The number of piperazine rings is 1. The highest BCUT2D eigenvalue weighted by atomic mass is 16.5. The lowest BCUT2D eigenvalue weighted by molar-refractivity contribution is -0.128. The summed E-state index contributed by atoms with van der Waals surface area (Å²) in [5.74, 6) is 0.649. The van der Waals surface area contributed by atoms with Crippen LogP contribution in [0, 0.1) is 6.92 Å². The van der Waals surface area contributed by atoms with E-state index in [0.717, 1.165) is 11.1 Å². The fourth-order valence-electron chi connectivity index (χ4n) is 3.15. The maximum Gasteiger partial charge on any atom is 0.255 e. The van der Waals surface area contributed by atoms with Gasteiger partial charge in [-0.3, -0.25) is 9.59 Å². The number of hydrogen-bond acceptors (Lipinski definition) is 4. The van der Waals surface area contributed by atoms with Crippen LogP contribution in [0.4, 0.5) is 0 Å². The molecule has 136 valence electrons. The SMILES string of the molecule is COc1cc(OC)cc(C(=O)N2CCNC(=O)C2c2cccc(C)c2)c1. The minimum Gasteiger partial charge on any atom is -0.497 e. The van der Waals surface area contributed by atoms with Crippen molar-refractivity contribution in [1.82, 2.24) is 10.2 Å². The highest BCUT2D eigenvalue weighted by Gasteiger charge is 2.35. The van der Waals surface area contributed by atoms with Crippen molar-refractivity contribution in [2.24, 2.45) is 0 Å². The van der Waals surface area contributed by atoms with E-state index >= 15 is 0 Å². The first-order valence-corrected chi connectivity index (χ1v) is 8.42. The summed E-state index contributed by atoms with van der Waals surface area (Å²) in [4.78, 5) is 27.3. The molecule has 1 unspecified atom stereocenters. The smallest absolute Gasteiger partial charge is 0.255 e. The number of benzene rings is 2. The number of carbonyl (C=O) groups excluding carboxylic acids is 2. The summed E-state index contributed by atoms with van der Waals surface area (Å²) in [6, 6.07) is 12.0. The third kappa shape index (κ3) is 3.49. The van der Waals surface area contributed by atoms with Crippen LogP contribution in [-0.2, 0) is 4.79 Å². The van der Waals surface area contributed by atoms with Crippen LogP contribution in [-0.4, -0.2) is 44.0 Å². The zero-order valence-electron chi connectivity index (χ0n) is 15.1. The van der Waals surface area contributed by atoms with E-state index < -0.39 is 6.04 Å². The molecule has 0 aliphatic carbocycles. The molecule has 1 fully saturated rings. The molecule has 1 aliphatic rings. The second-order valence-corrected chi connectivity index (χ2v) is 6.21. The van der Waals surface area contributed by atoms with Gasteiger partial charge in [-0.25, -0.2) is 0 Å². The van der Waals surface area contributed by atoms with Gasteiger partial charge in [-0.1, -0.05) is 29.8 Å². The summed E-state index contributed by atoms with van der Waals surface area (Å²) < 4.78 is 10.5. The van der Waals surface area contributed by atoms with E-state index in [0.29, 0.717) is 30.2 Å². The summed E-state index contributed by atoms with van der Waals surface area (Å²) in [5, 5.41) is 2.85. The first-order valence-electron chi connectivity index (χ1n) is 8.42. The first-order chi connectivity index (χ1) is 12.5. The van der Waals surface area contributed by atoms with Crippen molar-refractivity contribution in [3.63, 3.8) is 0 Å². The summed E-state index contributed by atoms with van der Waals surface area (Å²) in [7, 11) is 3.07. The minimum absolute atomic E-state index is 0.176. The van der Waals surface area contributed by atoms with Crippen molar-refractivity contribution >= 4 is 11.8 Å². The van der Waals surface area contributed by atoms with Crippen molar-refractivity contribution in [2.45, 2.75) is 13.0 Å². The lowest BCUT2D eigenvalue weighted by Gasteiger charge is -2.35. The van der Waals surface area contributed by atoms with Crippen molar-refractivity contribution in [3.05, 3.63) is 59.2 Å². The number of carbonyl (C=O) groups is 2. The van der Waals surface area contributed by atoms with Crippen LogP contribution in [0.15, 0.2) is 42.5 Å². The monoisotopic (exact) mass is 354 g/mol. The molecule has 2 amide bonds. The van der Waals surface area contributed by atoms with Gasteiger partial charge < -0.3 is 19.7 Å². The zero-order chi connectivity index (χ0) is 18.7. The van der Waals surface area contributed by atoms with Crippen molar-refractivity contribution < 1.29 is 19.1 Å². The fourth-order valence-corrected chi connectivity index (χ4v) is 3.15. The molecular formula is C20H22N2O4. The van der Waals surface area contributed by atoms with Gasteiger partial charge in [-0.05, 0) is 24.6 Å². The molecule has 2 aromatic rings. The Balaban J connectivity index is 1.99. The molecule has 3 rings (SSSR count). The van der Waals surface area contributed by atoms with Crippen molar-refractivity contribution in [1.29, 1.82) is 0 Å². The molecule has 0 spiro atoms. The largest absolute Gasteiger partial charge is 0.497 e. The van der Waals surface area contributed by atoms with Crippen LogP contribution in [0.1, 0.15) is 27.5 Å². The van der Waals surface area contributed by atoms with Gasteiger partial charge in [0, 0.05) is 24.7 Å². The Morgan fingerprint density at radius 3 is 2.42 bits per heavy atom. The Bertz CT molecular complexity index is 812. The molecule has 1 atom stereocenters. The molecule has 1 aliphatic heterocycles. The number of methoxy groups -OCH3 is 2. The summed E-state index contributed by atoms with van der Waals surface area (Å²) in [6.45, 7) is 2.82. The highest BCUT2D eigenvalue weighted by molar-refractivity contribution is 5.99. The molecule has 1 N–H and O–H groups in total. The molecule has 1 saturated heterocycles. The van der Waals surface area contributed by atoms with Crippen LogP contribution in [0.25, 0.3) is 0 Å². The number of nitrogens with one attached hydrogen (secondary N) is 1. The molecule has 0 aromatic heterocycles. The third-order valence-electron chi connectivity index (χ3n) is 4.43. The first kappa shape index (κ1) is 17.8. The number of ether oxygens (including phenoxy) is 2. The normalized spacial score (nSPS) is 16.8. The van der Waals surface area contributed by atoms with Gasteiger partial charge in [0.1, 0.15) is 17.5 Å². The maximum absolute atomic E-state index is 13.2. The van der Waals surface area contributed by atoms with E-state index in [4.69, 9.17) is 9.47 Å². The Morgan fingerprint density at radius 1 is 1.12 bits per heavy atom. The van der Waals surface area contributed by atoms with Gasteiger partial charge in [0.05, 0.1) is 14.2 Å². The Morgan fingerprint density at radius 2 is 1.81 bits per heavy atom. The predicted octanol–water partition coefficient (Wildman–Crippen LogP) is 2.33. The van der Waals surface area contributed by atoms with Crippen LogP contribution < -0.4 is 14.8 Å². The van der Waals surface area contributed by atoms with Crippen LogP contribution >= 0.6 is 0 Å². The van der Waals surface area contributed by atoms with Gasteiger partial charge in [-0.15, -0.1) is 0 Å². The number of hydrogen-bond donors (Lipinski definition) is 1. The molecule has 0 bridgehead atoms. The van der Waals surface area contributed by atoms with E-state index in [1.807, 2.05) is 31.2 Å². The Kier molecular flexibility index (Phi) is 5.11. The van der Waals surface area contributed by atoms with E-state index in [9.17, 15) is 9.59 Å². The molecule has 1 heterocycles. The highest BCUT2D eigenvalue weighted by Crippen LogP contribution is 2.29. The Hall–Kier alpha value is -3.02. The van der Waals surface area contributed by atoms with Crippen LogP contribution in [0.5, 0.6) is 11.5 Å². The zero-order valence-corrected chi connectivity index (χ0v) is 15.1. The van der Waals surface area contributed by atoms with Crippen molar-refractivity contribution in [3.8, 4) is 11.5 Å². The predicted molar refractivity (Wildman–Crippen MR) is 97.5 cm³/mol. The van der Waals surface area contributed by atoms with E-state index in [2.05, 4.69) is 5.32 Å². The molecule has 6 nitrogen and oxygen atoms in total. The summed E-state index contributed by atoms with van der Waals surface area (Å²) >= 11 is 0. The van der Waals surface area contributed by atoms with Crippen molar-refractivity contribution in [2.75, 3.05) is 27.3 Å². The van der Waals surface area contributed by atoms with Gasteiger partial charge in [0.15, 0.2) is 0 Å². The van der Waals surface area contributed by atoms with E-state index in [1.165, 1.54) is 14.2 Å². The molecule has 0 radical (unpaired) electrons. The quantitative estimate of drug-likeness (QED) is 0.915. The van der Waals surface area contributed by atoms with Gasteiger partial charge >= 0.3 is 0 Å². The van der Waals surface area contributed by atoms with E-state index in [1.54, 1.807) is 23.1 Å².